The molecule has 0 saturated heterocycles. The number of likely N-dealkylation sites (N-methyl/N-ethyl adjacent to an activating group) is 1. The number of carboxylic acid groups (broad SMARTS) is 1. The van der Waals surface area contributed by atoms with Crippen molar-refractivity contribution in [1.29, 1.82) is 0 Å². The van der Waals surface area contributed by atoms with Gasteiger partial charge >= 0.3 is 5.97 Å². The summed E-state index contributed by atoms with van der Waals surface area (Å²) in [6.45, 7) is 5.54. The Labute approximate surface area is 84.2 Å². The Balaban J connectivity index is 0.000000255. The number of aliphatic hydroxyl groups excluding tert-OH is 1. The van der Waals surface area contributed by atoms with Crippen LogP contribution in [-0.4, -0.2) is 40.3 Å². The third-order valence-corrected chi connectivity index (χ3v) is 1.65. The molecule has 1 atom stereocenters. The Morgan fingerprint density at radius 2 is 2.14 bits per heavy atom. The molecule has 0 aromatic heterocycles. The number of aliphatic carboxylic acids is 1. The largest absolute Gasteiger partial charge is 0.479 e. The molecule has 1 aliphatic heterocycles. The minimum Gasteiger partial charge on any atom is -0.479 e. The quantitative estimate of drug-likeness (QED) is 0.692. The van der Waals surface area contributed by atoms with Gasteiger partial charge in [-0.25, -0.2) is 4.79 Å². The first-order chi connectivity index (χ1) is 6.57. The number of allylic oxidation sites excluding steroid dienone is 2. The second-order valence-electron chi connectivity index (χ2n) is 2.87. The van der Waals surface area contributed by atoms with E-state index in [0.29, 0.717) is 0 Å². The molecular formula is C10H17NO3. The Morgan fingerprint density at radius 1 is 1.57 bits per heavy atom. The molecule has 2 N–H and O–H groups in total. The Morgan fingerprint density at radius 3 is 2.36 bits per heavy atom. The standard InChI is InChI=1S/C7H11N.C3H6O3/c1-2-8-6-4-3-5-7-8;1-2(4)3(5)6/h3-6H,2,7H2,1H3;2,4H,1H3,(H,5,6). The van der Waals surface area contributed by atoms with Crippen LogP contribution in [0.5, 0.6) is 0 Å². The van der Waals surface area contributed by atoms with Crippen molar-refractivity contribution < 1.29 is 15.0 Å². The normalized spacial score (nSPS) is 15.8. The summed E-state index contributed by atoms with van der Waals surface area (Å²) in [7, 11) is 0. The molecule has 4 nitrogen and oxygen atoms in total. The van der Waals surface area contributed by atoms with Crippen LogP contribution in [0.2, 0.25) is 0 Å². The van der Waals surface area contributed by atoms with Gasteiger partial charge < -0.3 is 15.1 Å². The first-order valence-corrected chi connectivity index (χ1v) is 4.56. The molecule has 80 valence electrons. The molecule has 0 aromatic rings. The number of carbonyl (C=O) groups is 1. The van der Waals surface area contributed by atoms with E-state index in [9.17, 15) is 4.79 Å². The molecule has 0 aliphatic carbocycles. The fraction of sp³-hybridized carbons (Fsp3) is 0.500. The van der Waals surface area contributed by atoms with Crippen LogP contribution in [0.4, 0.5) is 0 Å². The molecule has 1 heterocycles. The zero-order chi connectivity index (χ0) is 11.0. The van der Waals surface area contributed by atoms with E-state index in [-0.39, 0.29) is 0 Å². The number of hydrogen-bond donors (Lipinski definition) is 2. The second-order valence-corrected chi connectivity index (χ2v) is 2.87. The van der Waals surface area contributed by atoms with Crippen LogP contribution in [-0.2, 0) is 4.79 Å². The average molecular weight is 199 g/mol. The SMILES string of the molecule is CC(O)C(=O)O.CCN1C=CC=CC1. The van der Waals surface area contributed by atoms with Gasteiger partial charge in [0.2, 0.25) is 0 Å². The summed E-state index contributed by atoms with van der Waals surface area (Å²) >= 11 is 0. The Kier molecular flexibility index (Phi) is 6.49. The summed E-state index contributed by atoms with van der Waals surface area (Å²) in [6.07, 6.45) is 7.17. The highest BCUT2D eigenvalue weighted by Gasteiger charge is 2.01. The monoisotopic (exact) mass is 199 g/mol. The summed E-state index contributed by atoms with van der Waals surface area (Å²) in [6, 6.07) is 0. The number of aliphatic hydroxyl groups is 1. The molecule has 1 unspecified atom stereocenters. The predicted molar refractivity (Wildman–Crippen MR) is 54.8 cm³/mol. The number of rotatable bonds is 2. The van der Waals surface area contributed by atoms with E-state index in [0.717, 1.165) is 13.1 Å². The predicted octanol–water partition coefficient (Wildman–Crippen LogP) is 0.844. The van der Waals surface area contributed by atoms with Gasteiger partial charge in [-0.3, -0.25) is 0 Å². The first-order valence-electron chi connectivity index (χ1n) is 4.56. The maximum atomic E-state index is 9.45. The molecule has 0 spiro atoms. The van der Waals surface area contributed by atoms with E-state index in [1.54, 1.807) is 0 Å². The van der Waals surface area contributed by atoms with Crippen LogP contribution in [0.1, 0.15) is 13.8 Å². The zero-order valence-corrected chi connectivity index (χ0v) is 8.55. The minimum atomic E-state index is -1.23. The second kappa shape index (κ2) is 7.15. The highest BCUT2D eigenvalue weighted by atomic mass is 16.4. The lowest BCUT2D eigenvalue weighted by molar-refractivity contribution is -0.145. The van der Waals surface area contributed by atoms with Gasteiger partial charge in [0, 0.05) is 13.1 Å². The third kappa shape index (κ3) is 6.25. The van der Waals surface area contributed by atoms with Gasteiger partial charge in [-0.05, 0) is 26.1 Å². The summed E-state index contributed by atoms with van der Waals surface area (Å²) < 4.78 is 0. The number of hydrogen-bond acceptors (Lipinski definition) is 3. The summed E-state index contributed by atoms with van der Waals surface area (Å²) in [5.74, 6) is -1.19. The van der Waals surface area contributed by atoms with Gasteiger partial charge in [-0.2, -0.15) is 0 Å². The van der Waals surface area contributed by atoms with E-state index in [4.69, 9.17) is 10.2 Å². The molecule has 0 fully saturated rings. The van der Waals surface area contributed by atoms with Crippen molar-refractivity contribution >= 4 is 5.97 Å². The fourth-order valence-corrected chi connectivity index (χ4v) is 0.742. The van der Waals surface area contributed by atoms with E-state index in [1.807, 2.05) is 0 Å². The molecule has 0 bridgehead atoms. The van der Waals surface area contributed by atoms with Crippen LogP contribution < -0.4 is 0 Å². The smallest absolute Gasteiger partial charge is 0.332 e. The van der Waals surface area contributed by atoms with Crippen molar-refractivity contribution in [3.63, 3.8) is 0 Å². The topological polar surface area (TPSA) is 60.8 Å². The zero-order valence-electron chi connectivity index (χ0n) is 8.55. The van der Waals surface area contributed by atoms with Gasteiger partial charge in [0.1, 0.15) is 6.10 Å². The fourth-order valence-electron chi connectivity index (χ4n) is 0.742. The molecule has 1 aliphatic rings. The van der Waals surface area contributed by atoms with Crippen LogP contribution >= 0.6 is 0 Å². The third-order valence-electron chi connectivity index (χ3n) is 1.65. The van der Waals surface area contributed by atoms with Gasteiger partial charge in [-0.15, -0.1) is 0 Å². The van der Waals surface area contributed by atoms with E-state index < -0.39 is 12.1 Å². The molecule has 0 saturated carbocycles. The van der Waals surface area contributed by atoms with Crippen molar-refractivity contribution in [3.05, 3.63) is 24.4 Å². The molecule has 14 heavy (non-hydrogen) atoms. The lowest BCUT2D eigenvalue weighted by Crippen LogP contribution is -2.17. The lowest BCUT2D eigenvalue weighted by Gasteiger charge is -2.16. The molecule has 1 rings (SSSR count). The van der Waals surface area contributed by atoms with Gasteiger partial charge in [-0.1, -0.05) is 12.2 Å². The lowest BCUT2D eigenvalue weighted by atomic mass is 10.3. The van der Waals surface area contributed by atoms with Crippen molar-refractivity contribution in [2.24, 2.45) is 0 Å². The first kappa shape index (κ1) is 12.7. The van der Waals surface area contributed by atoms with Gasteiger partial charge in [0.25, 0.3) is 0 Å². The van der Waals surface area contributed by atoms with Gasteiger partial charge in [0.15, 0.2) is 0 Å². The maximum Gasteiger partial charge on any atom is 0.332 e. The molecule has 4 heteroatoms. The highest BCUT2D eigenvalue weighted by Crippen LogP contribution is 1.95. The van der Waals surface area contributed by atoms with Crippen LogP contribution in [0.15, 0.2) is 24.4 Å². The Bertz CT molecular complexity index is 221. The summed E-state index contributed by atoms with van der Waals surface area (Å²) in [5.41, 5.74) is 0. The van der Waals surface area contributed by atoms with Crippen molar-refractivity contribution in [1.82, 2.24) is 4.90 Å². The van der Waals surface area contributed by atoms with Crippen LogP contribution in [0, 0.1) is 0 Å². The van der Waals surface area contributed by atoms with Crippen LogP contribution in [0.3, 0.4) is 0 Å². The molecule has 0 aromatic carbocycles. The number of nitrogens with zero attached hydrogens (tertiary/aromatic N) is 1. The Hall–Kier alpha value is -1.29. The van der Waals surface area contributed by atoms with Crippen molar-refractivity contribution in [2.75, 3.05) is 13.1 Å². The van der Waals surface area contributed by atoms with E-state index in [2.05, 4.69) is 36.3 Å². The number of carboxylic acids is 1. The highest BCUT2D eigenvalue weighted by molar-refractivity contribution is 5.71. The maximum absolute atomic E-state index is 9.45. The van der Waals surface area contributed by atoms with E-state index >= 15 is 0 Å². The molecule has 0 amide bonds. The molecule has 0 radical (unpaired) electrons. The van der Waals surface area contributed by atoms with E-state index in [1.165, 1.54) is 6.92 Å². The summed E-state index contributed by atoms with van der Waals surface area (Å²) in [5, 5.41) is 15.8. The van der Waals surface area contributed by atoms with Crippen molar-refractivity contribution in [3.8, 4) is 0 Å². The minimum absolute atomic E-state index is 1.08. The van der Waals surface area contributed by atoms with Gasteiger partial charge in [0.05, 0.1) is 0 Å². The average Bonchev–Trinajstić information content (AvgIpc) is 2.20. The van der Waals surface area contributed by atoms with Crippen LogP contribution in [0.25, 0.3) is 0 Å². The molecular weight excluding hydrogens is 182 g/mol. The van der Waals surface area contributed by atoms with Crippen molar-refractivity contribution in [2.45, 2.75) is 20.0 Å². The summed E-state index contributed by atoms with van der Waals surface area (Å²) in [4.78, 5) is 11.7.